The quantitative estimate of drug-likeness (QED) is 0.288. The van der Waals surface area contributed by atoms with Crippen LogP contribution in [-0.4, -0.2) is 31.5 Å². The number of nitrogens with one attached hydrogen (secondary N) is 2. The van der Waals surface area contributed by atoms with Gasteiger partial charge in [0.1, 0.15) is 23.2 Å². The molecule has 35 heavy (non-hydrogen) atoms. The Bertz CT molecular complexity index is 1280. The number of hydrogen-bond donors (Lipinski definition) is 2. The van der Waals surface area contributed by atoms with Crippen LogP contribution >= 0.6 is 0 Å². The van der Waals surface area contributed by atoms with Gasteiger partial charge in [0.25, 0.3) is 11.8 Å². The first kappa shape index (κ1) is 24.7. The number of methoxy groups -OCH3 is 1. The number of benzene rings is 3. The van der Waals surface area contributed by atoms with E-state index in [1.54, 1.807) is 24.3 Å². The van der Waals surface area contributed by atoms with E-state index in [1.807, 2.05) is 6.07 Å². The van der Waals surface area contributed by atoms with Gasteiger partial charge in [0, 0.05) is 11.4 Å². The molecule has 0 aliphatic rings. The highest BCUT2D eigenvalue weighted by molar-refractivity contribution is 6.09. The van der Waals surface area contributed by atoms with Crippen LogP contribution in [-0.2, 0) is 14.3 Å². The third-order valence-corrected chi connectivity index (χ3v) is 4.62. The number of hydrogen-bond acceptors (Lipinski definition) is 6. The molecule has 0 saturated carbocycles. The van der Waals surface area contributed by atoms with E-state index in [9.17, 15) is 24.0 Å². The summed E-state index contributed by atoms with van der Waals surface area (Å²) in [6, 6.07) is 19.7. The number of carbonyl (C=O) groups excluding carboxylic acids is 3. The maximum atomic E-state index is 12.9. The lowest BCUT2D eigenvalue weighted by Crippen LogP contribution is -2.20. The van der Waals surface area contributed by atoms with Gasteiger partial charge in [-0.3, -0.25) is 9.59 Å². The van der Waals surface area contributed by atoms with Gasteiger partial charge in [-0.05, 0) is 72.3 Å². The molecule has 0 unspecified atom stereocenters. The zero-order valence-corrected chi connectivity index (χ0v) is 18.6. The van der Waals surface area contributed by atoms with Crippen molar-refractivity contribution in [3.63, 3.8) is 0 Å². The van der Waals surface area contributed by atoms with Gasteiger partial charge in [0.15, 0.2) is 6.61 Å². The van der Waals surface area contributed by atoms with E-state index >= 15 is 0 Å². The first-order chi connectivity index (χ1) is 16.9. The van der Waals surface area contributed by atoms with E-state index in [0.717, 1.165) is 0 Å². The second-order valence-electron chi connectivity index (χ2n) is 7.11. The second kappa shape index (κ2) is 11.8. The van der Waals surface area contributed by atoms with Gasteiger partial charge in [-0.1, -0.05) is 12.1 Å². The van der Waals surface area contributed by atoms with Gasteiger partial charge < -0.3 is 20.1 Å². The largest absolute Gasteiger partial charge is 0.484 e. The SMILES string of the molecule is COC(=O)c1ccc(NC(=O)C(C#N)=Cc2ccc(OCC(=O)Nc3ccc(F)cc3)cc2)cc1. The van der Waals surface area contributed by atoms with Crippen LogP contribution in [0, 0.1) is 17.1 Å². The molecule has 0 radical (unpaired) electrons. The molecule has 3 aromatic carbocycles. The highest BCUT2D eigenvalue weighted by Gasteiger charge is 2.11. The number of anilines is 2. The summed E-state index contributed by atoms with van der Waals surface area (Å²) in [6.45, 7) is -0.257. The summed E-state index contributed by atoms with van der Waals surface area (Å²) >= 11 is 0. The lowest BCUT2D eigenvalue weighted by Gasteiger charge is -2.08. The topological polar surface area (TPSA) is 118 Å². The second-order valence-corrected chi connectivity index (χ2v) is 7.11. The molecule has 3 aromatic rings. The molecule has 2 amide bonds. The standard InChI is InChI=1S/C26H20FN3O5/c1-34-26(33)18-4-8-22(9-5-18)30-25(32)19(15-28)14-17-2-12-23(13-3-17)35-16-24(31)29-21-10-6-20(27)7-11-21/h2-14H,16H2,1H3,(H,29,31)(H,30,32). The Hall–Kier alpha value is -4.97. The lowest BCUT2D eigenvalue weighted by atomic mass is 10.1. The Morgan fingerprint density at radius 2 is 1.51 bits per heavy atom. The van der Waals surface area contributed by atoms with E-state index in [2.05, 4.69) is 15.4 Å². The predicted molar refractivity (Wildman–Crippen MR) is 127 cm³/mol. The van der Waals surface area contributed by atoms with E-state index in [-0.39, 0.29) is 12.2 Å². The summed E-state index contributed by atoms with van der Waals surface area (Å²) in [5, 5.41) is 14.6. The van der Waals surface area contributed by atoms with Crippen molar-refractivity contribution in [2.45, 2.75) is 0 Å². The Kier molecular flexibility index (Phi) is 8.29. The molecular formula is C26H20FN3O5. The molecule has 0 fully saturated rings. The number of ether oxygens (including phenoxy) is 2. The first-order valence-electron chi connectivity index (χ1n) is 10.3. The van der Waals surface area contributed by atoms with Gasteiger partial charge >= 0.3 is 5.97 Å². The fourth-order valence-corrected chi connectivity index (χ4v) is 2.86. The predicted octanol–water partition coefficient (Wildman–Crippen LogP) is 4.18. The van der Waals surface area contributed by atoms with Crippen LogP contribution in [0.15, 0.2) is 78.4 Å². The third kappa shape index (κ3) is 7.27. The van der Waals surface area contributed by atoms with Crippen molar-refractivity contribution in [1.82, 2.24) is 0 Å². The summed E-state index contributed by atoms with van der Waals surface area (Å²) in [7, 11) is 1.27. The minimum atomic E-state index is -0.615. The smallest absolute Gasteiger partial charge is 0.337 e. The Morgan fingerprint density at radius 3 is 2.11 bits per heavy atom. The van der Waals surface area contributed by atoms with Crippen LogP contribution in [0.2, 0.25) is 0 Å². The molecule has 0 saturated heterocycles. The van der Waals surface area contributed by atoms with Gasteiger partial charge in [-0.2, -0.15) is 5.26 Å². The molecule has 9 heteroatoms. The molecule has 0 spiro atoms. The maximum absolute atomic E-state index is 12.9. The molecule has 0 aliphatic heterocycles. The van der Waals surface area contributed by atoms with Crippen molar-refractivity contribution in [2.24, 2.45) is 0 Å². The summed E-state index contributed by atoms with van der Waals surface area (Å²) in [4.78, 5) is 35.9. The van der Waals surface area contributed by atoms with Crippen molar-refractivity contribution < 1.29 is 28.2 Å². The minimum absolute atomic E-state index is 0.130. The van der Waals surface area contributed by atoms with Crippen LogP contribution in [0.25, 0.3) is 6.08 Å². The van der Waals surface area contributed by atoms with Gasteiger partial charge in [-0.15, -0.1) is 0 Å². The molecule has 0 aliphatic carbocycles. The lowest BCUT2D eigenvalue weighted by molar-refractivity contribution is -0.118. The van der Waals surface area contributed by atoms with E-state index in [0.29, 0.717) is 28.3 Å². The molecule has 0 aromatic heterocycles. The number of rotatable bonds is 8. The fourth-order valence-electron chi connectivity index (χ4n) is 2.86. The molecule has 2 N–H and O–H groups in total. The minimum Gasteiger partial charge on any atom is -0.484 e. The Labute approximate surface area is 200 Å². The van der Waals surface area contributed by atoms with E-state index in [1.165, 1.54) is 61.7 Å². The van der Waals surface area contributed by atoms with Crippen molar-refractivity contribution in [2.75, 3.05) is 24.4 Å². The Morgan fingerprint density at radius 1 is 0.914 bits per heavy atom. The number of nitrogens with zero attached hydrogens (tertiary/aromatic N) is 1. The Balaban J connectivity index is 1.56. The molecule has 0 atom stereocenters. The molecule has 0 bridgehead atoms. The summed E-state index contributed by atoms with van der Waals surface area (Å²) < 4.78 is 23.0. The van der Waals surface area contributed by atoms with Gasteiger partial charge in [-0.25, -0.2) is 9.18 Å². The van der Waals surface area contributed by atoms with E-state index in [4.69, 9.17) is 4.74 Å². The molecule has 176 valence electrons. The van der Waals surface area contributed by atoms with Gasteiger partial charge in [0.05, 0.1) is 12.7 Å². The normalized spacial score (nSPS) is 10.6. The van der Waals surface area contributed by atoms with Crippen molar-refractivity contribution in [3.8, 4) is 11.8 Å². The van der Waals surface area contributed by atoms with Crippen molar-refractivity contribution in [3.05, 3.63) is 95.3 Å². The highest BCUT2D eigenvalue weighted by Crippen LogP contribution is 2.17. The number of carbonyl (C=O) groups is 3. The zero-order chi connectivity index (χ0) is 25.2. The molecule has 8 nitrogen and oxygen atoms in total. The maximum Gasteiger partial charge on any atom is 0.337 e. The van der Waals surface area contributed by atoms with Crippen LogP contribution < -0.4 is 15.4 Å². The van der Waals surface area contributed by atoms with Crippen molar-refractivity contribution >= 4 is 35.2 Å². The van der Waals surface area contributed by atoms with Gasteiger partial charge in [0.2, 0.25) is 0 Å². The summed E-state index contributed by atoms with van der Waals surface area (Å²) in [6.07, 6.45) is 1.41. The summed E-state index contributed by atoms with van der Waals surface area (Å²) in [5.74, 6) is -1.52. The zero-order valence-electron chi connectivity index (χ0n) is 18.6. The highest BCUT2D eigenvalue weighted by atomic mass is 19.1. The fraction of sp³-hybridized carbons (Fsp3) is 0.0769. The van der Waals surface area contributed by atoms with Crippen LogP contribution in [0.1, 0.15) is 15.9 Å². The number of halogens is 1. The first-order valence-corrected chi connectivity index (χ1v) is 10.3. The third-order valence-electron chi connectivity index (χ3n) is 4.62. The average molecular weight is 473 g/mol. The number of nitriles is 1. The number of esters is 1. The van der Waals surface area contributed by atoms with Crippen molar-refractivity contribution in [1.29, 1.82) is 5.26 Å². The van der Waals surface area contributed by atoms with E-state index < -0.39 is 23.6 Å². The molecule has 3 rings (SSSR count). The average Bonchev–Trinajstić information content (AvgIpc) is 2.88. The number of amides is 2. The molecular weight excluding hydrogens is 453 g/mol. The monoisotopic (exact) mass is 473 g/mol. The summed E-state index contributed by atoms with van der Waals surface area (Å²) in [5.41, 5.74) is 1.63. The van der Waals surface area contributed by atoms with Crippen LogP contribution in [0.4, 0.5) is 15.8 Å². The van der Waals surface area contributed by atoms with Crippen LogP contribution in [0.5, 0.6) is 5.75 Å². The van der Waals surface area contributed by atoms with Crippen LogP contribution in [0.3, 0.4) is 0 Å². The molecule has 0 heterocycles.